The quantitative estimate of drug-likeness (QED) is 0.798. The summed E-state index contributed by atoms with van der Waals surface area (Å²) in [6.45, 7) is 1.32. The van der Waals surface area contributed by atoms with E-state index in [4.69, 9.17) is 11.6 Å². The van der Waals surface area contributed by atoms with E-state index in [2.05, 4.69) is 10.6 Å². The molecule has 0 unspecified atom stereocenters. The Labute approximate surface area is 111 Å². The SMILES string of the molecule is Fc1ccccc1NCCNc1cccc(Cl)c1. The Hall–Kier alpha value is -1.74. The monoisotopic (exact) mass is 264 g/mol. The Morgan fingerprint density at radius 3 is 2.50 bits per heavy atom. The number of hydrogen-bond donors (Lipinski definition) is 2. The average molecular weight is 265 g/mol. The molecule has 0 aromatic heterocycles. The normalized spacial score (nSPS) is 10.1. The van der Waals surface area contributed by atoms with Crippen LogP contribution in [-0.2, 0) is 0 Å². The minimum atomic E-state index is -0.236. The van der Waals surface area contributed by atoms with E-state index in [1.165, 1.54) is 6.07 Å². The third kappa shape index (κ3) is 3.64. The molecule has 0 saturated heterocycles. The highest BCUT2D eigenvalue weighted by molar-refractivity contribution is 6.30. The summed E-state index contributed by atoms with van der Waals surface area (Å²) in [7, 11) is 0. The molecule has 2 nitrogen and oxygen atoms in total. The summed E-state index contributed by atoms with van der Waals surface area (Å²) >= 11 is 5.87. The van der Waals surface area contributed by atoms with Gasteiger partial charge in [-0.15, -0.1) is 0 Å². The molecule has 0 aliphatic carbocycles. The molecule has 0 spiro atoms. The summed E-state index contributed by atoms with van der Waals surface area (Å²) in [5, 5.41) is 6.93. The standard InChI is InChI=1S/C14H14ClFN2/c15-11-4-3-5-12(10-11)17-8-9-18-14-7-2-1-6-13(14)16/h1-7,10,17-18H,8-9H2. The van der Waals surface area contributed by atoms with Gasteiger partial charge in [0, 0.05) is 23.8 Å². The predicted molar refractivity (Wildman–Crippen MR) is 74.8 cm³/mol. The van der Waals surface area contributed by atoms with Crippen LogP contribution in [0.3, 0.4) is 0 Å². The summed E-state index contributed by atoms with van der Waals surface area (Å²) in [4.78, 5) is 0. The third-order valence-electron chi connectivity index (χ3n) is 2.47. The molecular formula is C14H14ClFN2. The molecule has 0 atom stereocenters. The van der Waals surface area contributed by atoms with Gasteiger partial charge in [0.1, 0.15) is 5.82 Å². The van der Waals surface area contributed by atoms with Crippen LogP contribution in [0.5, 0.6) is 0 Å². The lowest BCUT2D eigenvalue weighted by atomic mass is 10.3. The molecule has 18 heavy (non-hydrogen) atoms. The zero-order chi connectivity index (χ0) is 12.8. The van der Waals surface area contributed by atoms with Gasteiger partial charge in [0.15, 0.2) is 0 Å². The zero-order valence-corrected chi connectivity index (χ0v) is 10.5. The molecule has 0 radical (unpaired) electrons. The van der Waals surface area contributed by atoms with E-state index in [0.29, 0.717) is 23.8 Å². The zero-order valence-electron chi connectivity index (χ0n) is 9.79. The van der Waals surface area contributed by atoms with Crippen LogP contribution in [0.4, 0.5) is 15.8 Å². The number of anilines is 2. The molecule has 0 heterocycles. The molecule has 2 N–H and O–H groups in total. The number of benzene rings is 2. The first-order valence-corrected chi connectivity index (χ1v) is 6.11. The molecule has 0 aliphatic heterocycles. The highest BCUT2D eigenvalue weighted by Crippen LogP contribution is 2.15. The highest BCUT2D eigenvalue weighted by Gasteiger charge is 1.98. The highest BCUT2D eigenvalue weighted by atomic mass is 35.5. The third-order valence-corrected chi connectivity index (χ3v) is 2.70. The van der Waals surface area contributed by atoms with Crippen LogP contribution in [0.15, 0.2) is 48.5 Å². The lowest BCUT2D eigenvalue weighted by Crippen LogP contribution is -2.14. The van der Waals surface area contributed by atoms with E-state index in [1.807, 2.05) is 24.3 Å². The van der Waals surface area contributed by atoms with Crippen LogP contribution in [-0.4, -0.2) is 13.1 Å². The van der Waals surface area contributed by atoms with Crippen molar-refractivity contribution in [1.29, 1.82) is 0 Å². The summed E-state index contributed by atoms with van der Waals surface area (Å²) in [5.41, 5.74) is 1.48. The van der Waals surface area contributed by atoms with Crippen LogP contribution in [0.2, 0.25) is 5.02 Å². The summed E-state index contributed by atoms with van der Waals surface area (Å²) < 4.78 is 13.3. The van der Waals surface area contributed by atoms with E-state index in [0.717, 1.165) is 5.69 Å². The Morgan fingerprint density at radius 1 is 0.944 bits per heavy atom. The number of rotatable bonds is 5. The van der Waals surface area contributed by atoms with Gasteiger partial charge in [-0.2, -0.15) is 0 Å². The van der Waals surface area contributed by atoms with Crippen molar-refractivity contribution in [3.63, 3.8) is 0 Å². The second kappa shape index (κ2) is 6.26. The molecule has 2 aromatic carbocycles. The van der Waals surface area contributed by atoms with E-state index >= 15 is 0 Å². The number of hydrogen-bond acceptors (Lipinski definition) is 2. The molecule has 0 aliphatic rings. The van der Waals surface area contributed by atoms with Crippen LogP contribution in [0.25, 0.3) is 0 Å². The van der Waals surface area contributed by atoms with Gasteiger partial charge in [-0.25, -0.2) is 4.39 Å². The fourth-order valence-electron chi connectivity index (χ4n) is 1.61. The largest absolute Gasteiger partial charge is 0.383 e. The van der Waals surface area contributed by atoms with Crippen molar-refractivity contribution in [1.82, 2.24) is 0 Å². The van der Waals surface area contributed by atoms with E-state index < -0.39 is 0 Å². The van der Waals surface area contributed by atoms with Gasteiger partial charge < -0.3 is 10.6 Å². The predicted octanol–water partition coefficient (Wildman–Crippen LogP) is 4.00. The smallest absolute Gasteiger partial charge is 0.146 e. The molecule has 94 valence electrons. The van der Waals surface area contributed by atoms with Crippen molar-refractivity contribution in [2.45, 2.75) is 0 Å². The maximum absolute atomic E-state index is 13.3. The average Bonchev–Trinajstić information content (AvgIpc) is 2.37. The van der Waals surface area contributed by atoms with Gasteiger partial charge >= 0.3 is 0 Å². The first kappa shape index (κ1) is 12.7. The van der Waals surface area contributed by atoms with E-state index in [9.17, 15) is 4.39 Å². The maximum atomic E-state index is 13.3. The number of para-hydroxylation sites is 1. The minimum absolute atomic E-state index is 0.236. The van der Waals surface area contributed by atoms with Crippen LogP contribution in [0, 0.1) is 5.82 Å². The second-order valence-electron chi connectivity index (χ2n) is 3.84. The van der Waals surface area contributed by atoms with Crippen LogP contribution >= 0.6 is 11.6 Å². The van der Waals surface area contributed by atoms with Crippen molar-refractivity contribution in [2.75, 3.05) is 23.7 Å². The lowest BCUT2D eigenvalue weighted by Gasteiger charge is -2.09. The summed E-state index contributed by atoms with van der Waals surface area (Å²) in [5.74, 6) is -0.236. The molecule has 2 aromatic rings. The maximum Gasteiger partial charge on any atom is 0.146 e. The first-order valence-electron chi connectivity index (χ1n) is 5.73. The van der Waals surface area contributed by atoms with Gasteiger partial charge in [-0.1, -0.05) is 29.8 Å². The van der Waals surface area contributed by atoms with Gasteiger partial charge in [0.25, 0.3) is 0 Å². The summed E-state index contributed by atoms with van der Waals surface area (Å²) in [6, 6.07) is 14.1. The van der Waals surface area contributed by atoms with Crippen molar-refractivity contribution in [3.05, 3.63) is 59.4 Å². The van der Waals surface area contributed by atoms with Gasteiger partial charge in [0.2, 0.25) is 0 Å². The molecule has 2 rings (SSSR count). The van der Waals surface area contributed by atoms with Gasteiger partial charge in [-0.05, 0) is 30.3 Å². The van der Waals surface area contributed by atoms with Gasteiger partial charge in [-0.3, -0.25) is 0 Å². The fourth-order valence-corrected chi connectivity index (χ4v) is 1.80. The van der Waals surface area contributed by atoms with Crippen molar-refractivity contribution in [2.24, 2.45) is 0 Å². The molecule has 4 heteroatoms. The van der Waals surface area contributed by atoms with Gasteiger partial charge in [0.05, 0.1) is 5.69 Å². The molecular weight excluding hydrogens is 251 g/mol. The Bertz CT molecular complexity index is 517. The minimum Gasteiger partial charge on any atom is -0.383 e. The summed E-state index contributed by atoms with van der Waals surface area (Å²) in [6.07, 6.45) is 0. The van der Waals surface area contributed by atoms with Crippen LogP contribution < -0.4 is 10.6 Å². The molecule has 0 saturated carbocycles. The van der Waals surface area contributed by atoms with E-state index in [1.54, 1.807) is 18.2 Å². The van der Waals surface area contributed by atoms with Crippen molar-refractivity contribution in [3.8, 4) is 0 Å². The van der Waals surface area contributed by atoms with Crippen LogP contribution in [0.1, 0.15) is 0 Å². The molecule has 0 fully saturated rings. The molecule has 0 amide bonds. The Kier molecular flexibility index (Phi) is 4.42. The Morgan fingerprint density at radius 2 is 1.72 bits per heavy atom. The van der Waals surface area contributed by atoms with Crippen molar-refractivity contribution < 1.29 is 4.39 Å². The number of halogens is 2. The first-order chi connectivity index (χ1) is 8.75. The van der Waals surface area contributed by atoms with Crippen molar-refractivity contribution >= 4 is 23.0 Å². The molecule has 0 bridgehead atoms. The fraction of sp³-hybridized carbons (Fsp3) is 0.143. The topological polar surface area (TPSA) is 24.1 Å². The second-order valence-corrected chi connectivity index (χ2v) is 4.28. The Balaban J connectivity index is 1.78. The number of nitrogens with one attached hydrogen (secondary N) is 2. The van der Waals surface area contributed by atoms with E-state index in [-0.39, 0.29) is 5.82 Å². The lowest BCUT2D eigenvalue weighted by molar-refractivity contribution is 0.630.